The lowest BCUT2D eigenvalue weighted by molar-refractivity contribution is 0.414. The zero-order valence-corrected chi connectivity index (χ0v) is 16.8. The molecule has 0 fully saturated rings. The number of halogens is 2. The Morgan fingerprint density at radius 2 is 1.96 bits per heavy atom. The fourth-order valence-corrected chi connectivity index (χ4v) is 2.15. The lowest BCUT2D eigenvalue weighted by Crippen LogP contribution is -2.38. The van der Waals surface area contributed by atoms with Gasteiger partial charge in [0.2, 0.25) is 0 Å². The van der Waals surface area contributed by atoms with E-state index in [0.29, 0.717) is 11.7 Å². The first-order valence-electron chi connectivity index (χ1n) is 7.97. The molecule has 2 rings (SSSR count). The third-order valence-corrected chi connectivity index (χ3v) is 3.43. The molecule has 1 aromatic heterocycles. The van der Waals surface area contributed by atoms with Gasteiger partial charge in [-0.3, -0.25) is 4.98 Å². The van der Waals surface area contributed by atoms with Crippen LogP contribution in [0.3, 0.4) is 0 Å². The number of rotatable bonds is 7. The van der Waals surface area contributed by atoms with Gasteiger partial charge in [0.25, 0.3) is 0 Å². The van der Waals surface area contributed by atoms with Crippen LogP contribution in [0.15, 0.2) is 47.6 Å². The van der Waals surface area contributed by atoms with Gasteiger partial charge >= 0.3 is 0 Å². The molecule has 0 aliphatic heterocycles. The molecule has 0 aliphatic carbocycles. The number of nitrogens with one attached hydrogen (secondary N) is 2. The summed E-state index contributed by atoms with van der Waals surface area (Å²) in [4.78, 5) is 8.38. The molecule has 2 aromatic rings. The molecule has 5 nitrogen and oxygen atoms in total. The van der Waals surface area contributed by atoms with Crippen LogP contribution in [-0.4, -0.2) is 31.1 Å². The van der Waals surface area contributed by atoms with Crippen LogP contribution >= 0.6 is 24.0 Å². The zero-order valence-electron chi connectivity index (χ0n) is 14.5. The number of methoxy groups -OCH3 is 1. The molecule has 0 bridgehead atoms. The van der Waals surface area contributed by atoms with Crippen molar-refractivity contribution in [3.8, 4) is 5.75 Å². The average molecular weight is 458 g/mol. The fourth-order valence-electron chi connectivity index (χ4n) is 2.15. The number of pyridine rings is 1. The lowest BCUT2D eigenvalue weighted by atomic mass is 10.1. The number of hydrogen-bond acceptors (Lipinski definition) is 3. The van der Waals surface area contributed by atoms with E-state index in [4.69, 9.17) is 4.74 Å². The Hall–Kier alpha value is -1.90. The van der Waals surface area contributed by atoms with Crippen LogP contribution in [0, 0.1) is 5.82 Å². The molecule has 0 radical (unpaired) electrons. The quantitative estimate of drug-likeness (QED) is 0.381. The second-order valence-electron chi connectivity index (χ2n) is 5.15. The summed E-state index contributed by atoms with van der Waals surface area (Å²) >= 11 is 0. The smallest absolute Gasteiger partial charge is 0.191 e. The second-order valence-corrected chi connectivity index (χ2v) is 5.15. The normalized spacial score (nSPS) is 10.8. The number of hydrogen-bond donors (Lipinski definition) is 2. The molecule has 1 aromatic carbocycles. The standard InChI is InChI=1S/C18H23FN4O.HI/c1-3-20-18(23-13-17-16(19)5-4-11-21-17)22-12-10-14-6-8-15(24-2)9-7-14;/h4-9,11H,3,10,12-13H2,1-2H3,(H2,20,22,23);1H. The van der Waals surface area contributed by atoms with Gasteiger partial charge in [0.1, 0.15) is 11.6 Å². The van der Waals surface area contributed by atoms with Gasteiger partial charge in [0.05, 0.1) is 19.3 Å². The van der Waals surface area contributed by atoms with Gasteiger partial charge in [-0.25, -0.2) is 9.38 Å². The first-order chi connectivity index (χ1) is 11.7. The molecule has 0 atom stereocenters. The number of aliphatic imine (C=N–C) groups is 1. The van der Waals surface area contributed by atoms with E-state index in [2.05, 4.69) is 20.6 Å². The molecule has 2 N–H and O–H groups in total. The summed E-state index contributed by atoms with van der Waals surface area (Å²) in [5, 5.41) is 6.39. The van der Waals surface area contributed by atoms with Crippen molar-refractivity contribution in [2.45, 2.75) is 19.9 Å². The topological polar surface area (TPSA) is 58.5 Å². The SMILES string of the molecule is CCNC(=NCc1ncccc1F)NCCc1ccc(OC)cc1.I. The van der Waals surface area contributed by atoms with Crippen LogP contribution in [-0.2, 0) is 13.0 Å². The Bertz CT molecular complexity index is 664. The second kappa shape index (κ2) is 11.6. The molecule has 136 valence electrons. The fraction of sp³-hybridized carbons (Fsp3) is 0.333. The average Bonchev–Trinajstić information content (AvgIpc) is 2.61. The Labute approximate surface area is 165 Å². The highest BCUT2D eigenvalue weighted by atomic mass is 127. The summed E-state index contributed by atoms with van der Waals surface area (Å²) in [6, 6.07) is 10.9. The number of ether oxygens (including phenoxy) is 1. The number of guanidine groups is 1. The highest BCUT2D eigenvalue weighted by Crippen LogP contribution is 2.11. The summed E-state index contributed by atoms with van der Waals surface area (Å²) in [5.41, 5.74) is 1.54. The molecule has 0 saturated heterocycles. The van der Waals surface area contributed by atoms with Crippen molar-refractivity contribution in [2.24, 2.45) is 4.99 Å². The molecule has 0 saturated carbocycles. The van der Waals surface area contributed by atoms with Gasteiger partial charge in [-0.2, -0.15) is 0 Å². The summed E-state index contributed by atoms with van der Waals surface area (Å²) in [5.74, 6) is 1.16. The molecule has 0 spiro atoms. The third kappa shape index (κ3) is 7.25. The Morgan fingerprint density at radius 1 is 1.20 bits per heavy atom. The van der Waals surface area contributed by atoms with E-state index in [0.717, 1.165) is 25.3 Å². The first kappa shape index (κ1) is 21.1. The Morgan fingerprint density at radius 3 is 2.60 bits per heavy atom. The van der Waals surface area contributed by atoms with Crippen molar-refractivity contribution in [3.05, 3.63) is 59.7 Å². The number of benzene rings is 1. The van der Waals surface area contributed by atoms with Crippen LogP contribution in [0.2, 0.25) is 0 Å². The Kier molecular flexibility index (Phi) is 9.83. The maximum absolute atomic E-state index is 13.6. The monoisotopic (exact) mass is 458 g/mol. The minimum atomic E-state index is -0.338. The first-order valence-corrected chi connectivity index (χ1v) is 7.97. The van der Waals surface area contributed by atoms with Crippen LogP contribution in [0.5, 0.6) is 5.75 Å². The maximum atomic E-state index is 13.6. The van der Waals surface area contributed by atoms with Gasteiger partial charge in [-0.1, -0.05) is 12.1 Å². The highest BCUT2D eigenvalue weighted by Gasteiger charge is 2.03. The van der Waals surface area contributed by atoms with Crippen molar-refractivity contribution in [1.82, 2.24) is 15.6 Å². The molecule has 0 unspecified atom stereocenters. The predicted molar refractivity (Wildman–Crippen MR) is 109 cm³/mol. The van der Waals surface area contributed by atoms with Crippen molar-refractivity contribution >= 4 is 29.9 Å². The van der Waals surface area contributed by atoms with Crippen molar-refractivity contribution in [2.75, 3.05) is 20.2 Å². The minimum absolute atomic E-state index is 0. The number of aromatic nitrogens is 1. The van der Waals surface area contributed by atoms with E-state index in [1.807, 2.05) is 31.2 Å². The maximum Gasteiger partial charge on any atom is 0.191 e. The van der Waals surface area contributed by atoms with Gasteiger partial charge in [0.15, 0.2) is 5.96 Å². The minimum Gasteiger partial charge on any atom is -0.497 e. The van der Waals surface area contributed by atoms with E-state index < -0.39 is 0 Å². The molecule has 7 heteroatoms. The molecular formula is C18H24FIN4O. The van der Waals surface area contributed by atoms with E-state index in [-0.39, 0.29) is 36.3 Å². The number of nitrogens with zero attached hydrogens (tertiary/aromatic N) is 2. The summed E-state index contributed by atoms with van der Waals surface area (Å²) in [6.07, 6.45) is 2.42. The largest absolute Gasteiger partial charge is 0.497 e. The van der Waals surface area contributed by atoms with E-state index in [1.165, 1.54) is 11.6 Å². The molecule has 25 heavy (non-hydrogen) atoms. The van der Waals surface area contributed by atoms with Gasteiger partial charge in [-0.05, 0) is 43.2 Å². The molecule has 0 amide bonds. The van der Waals surface area contributed by atoms with Crippen molar-refractivity contribution in [1.29, 1.82) is 0 Å². The molecule has 1 heterocycles. The van der Waals surface area contributed by atoms with Crippen LogP contribution in [0.1, 0.15) is 18.2 Å². The van der Waals surface area contributed by atoms with E-state index in [1.54, 1.807) is 19.4 Å². The van der Waals surface area contributed by atoms with E-state index >= 15 is 0 Å². The zero-order chi connectivity index (χ0) is 17.2. The van der Waals surface area contributed by atoms with Gasteiger partial charge < -0.3 is 15.4 Å². The van der Waals surface area contributed by atoms with Crippen molar-refractivity contribution in [3.63, 3.8) is 0 Å². The van der Waals surface area contributed by atoms with E-state index in [9.17, 15) is 4.39 Å². The summed E-state index contributed by atoms with van der Waals surface area (Å²) in [6.45, 7) is 3.65. The summed E-state index contributed by atoms with van der Waals surface area (Å²) in [7, 11) is 1.65. The third-order valence-electron chi connectivity index (χ3n) is 3.43. The predicted octanol–water partition coefficient (Wildman–Crippen LogP) is 3.15. The highest BCUT2D eigenvalue weighted by molar-refractivity contribution is 14.0. The van der Waals surface area contributed by atoms with Gasteiger partial charge in [-0.15, -0.1) is 24.0 Å². The Balaban J connectivity index is 0.00000312. The molecule has 0 aliphatic rings. The van der Waals surface area contributed by atoms with Crippen LogP contribution < -0.4 is 15.4 Å². The lowest BCUT2D eigenvalue weighted by Gasteiger charge is -2.11. The summed E-state index contributed by atoms with van der Waals surface area (Å²) < 4.78 is 18.7. The van der Waals surface area contributed by atoms with Crippen molar-refractivity contribution < 1.29 is 9.13 Å². The van der Waals surface area contributed by atoms with Crippen LogP contribution in [0.4, 0.5) is 4.39 Å². The van der Waals surface area contributed by atoms with Crippen LogP contribution in [0.25, 0.3) is 0 Å². The van der Waals surface area contributed by atoms with Gasteiger partial charge in [0, 0.05) is 19.3 Å². The molecular weight excluding hydrogens is 434 g/mol.